The Bertz CT molecular complexity index is 406. The highest BCUT2D eigenvalue weighted by molar-refractivity contribution is 6.30. The first kappa shape index (κ1) is 10.7. The number of aromatic nitrogens is 2. The lowest BCUT2D eigenvalue weighted by atomic mass is 10.1. The van der Waals surface area contributed by atoms with Gasteiger partial charge in [-0.25, -0.2) is 0 Å². The van der Waals surface area contributed by atoms with E-state index in [0.29, 0.717) is 0 Å². The predicted molar refractivity (Wildman–Crippen MR) is 62.0 cm³/mol. The van der Waals surface area contributed by atoms with E-state index in [1.54, 1.807) is 4.68 Å². The standard InChI is InChI=1S/C11H16ClN3/c1-7-10(11(12)15(2)14-7)6-8-3-4-9(13)5-8/h5,9H,3-4,6,13H2,1-2H3. The molecular formula is C11H16ClN3. The van der Waals surface area contributed by atoms with Gasteiger partial charge in [0.2, 0.25) is 0 Å². The first-order chi connectivity index (χ1) is 7.08. The van der Waals surface area contributed by atoms with Gasteiger partial charge in [-0.15, -0.1) is 0 Å². The highest BCUT2D eigenvalue weighted by atomic mass is 35.5. The summed E-state index contributed by atoms with van der Waals surface area (Å²) in [6.07, 6.45) is 5.20. The van der Waals surface area contributed by atoms with Gasteiger partial charge < -0.3 is 5.73 Å². The van der Waals surface area contributed by atoms with Gasteiger partial charge in [-0.2, -0.15) is 5.10 Å². The minimum atomic E-state index is 0.232. The van der Waals surface area contributed by atoms with E-state index in [1.807, 2.05) is 14.0 Å². The zero-order valence-electron chi connectivity index (χ0n) is 9.13. The summed E-state index contributed by atoms with van der Waals surface area (Å²) >= 11 is 6.17. The molecule has 1 unspecified atom stereocenters. The maximum Gasteiger partial charge on any atom is 0.130 e. The van der Waals surface area contributed by atoms with Crippen LogP contribution < -0.4 is 5.73 Å². The van der Waals surface area contributed by atoms with E-state index < -0.39 is 0 Å². The zero-order valence-corrected chi connectivity index (χ0v) is 9.88. The number of hydrogen-bond acceptors (Lipinski definition) is 2. The van der Waals surface area contributed by atoms with Crippen LogP contribution in [0.4, 0.5) is 0 Å². The second kappa shape index (κ2) is 3.99. The molecule has 0 spiro atoms. The molecule has 0 bridgehead atoms. The summed E-state index contributed by atoms with van der Waals surface area (Å²) < 4.78 is 1.72. The molecule has 1 aromatic heterocycles. The molecule has 0 aliphatic heterocycles. The lowest BCUT2D eigenvalue weighted by Crippen LogP contribution is -2.11. The number of nitrogens with zero attached hydrogens (tertiary/aromatic N) is 2. The number of allylic oxidation sites excluding steroid dienone is 1. The van der Waals surface area contributed by atoms with Crippen LogP contribution in [0.25, 0.3) is 0 Å². The monoisotopic (exact) mass is 225 g/mol. The van der Waals surface area contributed by atoms with E-state index in [-0.39, 0.29) is 6.04 Å². The molecule has 0 aromatic carbocycles. The molecule has 4 heteroatoms. The Morgan fingerprint density at radius 1 is 1.67 bits per heavy atom. The molecule has 1 aliphatic carbocycles. The maximum atomic E-state index is 6.17. The van der Waals surface area contributed by atoms with Crippen LogP contribution in [0.3, 0.4) is 0 Å². The van der Waals surface area contributed by atoms with Gasteiger partial charge in [0.25, 0.3) is 0 Å². The summed E-state index contributed by atoms with van der Waals surface area (Å²) in [5.41, 5.74) is 9.38. The fraction of sp³-hybridized carbons (Fsp3) is 0.545. The third kappa shape index (κ3) is 2.08. The van der Waals surface area contributed by atoms with Crippen molar-refractivity contribution in [2.24, 2.45) is 12.8 Å². The minimum Gasteiger partial charge on any atom is -0.324 e. The average molecular weight is 226 g/mol. The Morgan fingerprint density at radius 2 is 2.40 bits per heavy atom. The molecule has 2 N–H and O–H groups in total. The van der Waals surface area contributed by atoms with Crippen LogP contribution in [0.1, 0.15) is 24.1 Å². The number of rotatable bonds is 2. The second-order valence-corrected chi connectivity index (χ2v) is 4.54. The van der Waals surface area contributed by atoms with Crippen LogP contribution in [0.2, 0.25) is 5.15 Å². The molecule has 15 heavy (non-hydrogen) atoms. The molecule has 1 atom stereocenters. The highest BCUT2D eigenvalue weighted by Crippen LogP contribution is 2.26. The minimum absolute atomic E-state index is 0.232. The lowest BCUT2D eigenvalue weighted by Gasteiger charge is -2.01. The summed E-state index contributed by atoms with van der Waals surface area (Å²) in [6, 6.07) is 0.232. The van der Waals surface area contributed by atoms with E-state index in [1.165, 1.54) is 5.57 Å². The van der Waals surface area contributed by atoms with Gasteiger partial charge in [0, 0.05) is 18.7 Å². The molecule has 2 rings (SSSR count). The van der Waals surface area contributed by atoms with Crippen molar-refractivity contribution in [1.29, 1.82) is 0 Å². The molecule has 0 amide bonds. The smallest absolute Gasteiger partial charge is 0.130 e. The van der Waals surface area contributed by atoms with Crippen molar-refractivity contribution in [2.45, 2.75) is 32.2 Å². The van der Waals surface area contributed by atoms with Gasteiger partial charge in [0.1, 0.15) is 5.15 Å². The Balaban J connectivity index is 2.21. The molecule has 1 aromatic rings. The summed E-state index contributed by atoms with van der Waals surface area (Å²) in [4.78, 5) is 0. The van der Waals surface area contributed by atoms with E-state index in [9.17, 15) is 0 Å². The van der Waals surface area contributed by atoms with Crippen molar-refractivity contribution in [3.05, 3.63) is 28.1 Å². The Morgan fingerprint density at radius 3 is 2.87 bits per heavy atom. The van der Waals surface area contributed by atoms with E-state index in [4.69, 9.17) is 17.3 Å². The molecule has 82 valence electrons. The molecule has 1 aliphatic rings. The highest BCUT2D eigenvalue weighted by Gasteiger charge is 2.17. The number of aryl methyl sites for hydroxylation is 2. The van der Waals surface area contributed by atoms with Crippen LogP contribution in [-0.4, -0.2) is 15.8 Å². The maximum absolute atomic E-state index is 6.17. The van der Waals surface area contributed by atoms with Crippen LogP contribution in [-0.2, 0) is 13.5 Å². The summed E-state index contributed by atoms with van der Waals surface area (Å²) in [5, 5.41) is 5.04. The molecule has 0 fully saturated rings. The van der Waals surface area contributed by atoms with Crippen molar-refractivity contribution in [2.75, 3.05) is 0 Å². The molecule has 3 nitrogen and oxygen atoms in total. The van der Waals surface area contributed by atoms with E-state index in [0.717, 1.165) is 35.7 Å². The quantitative estimate of drug-likeness (QED) is 0.783. The van der Waals surface area contributed by atoms with Gasteiger partial charge in [-0.1, -0.05) is 23.3 Å². The Hall–Kier alpha value is -0.800. The number of hydrogen-bond donors (Lipinski definition) is 1. The van der Waals surface area contributed by atoms with Crippen molar-refractivity contribution in [3.8, 4) is 0 Å². The fourth-order valence-corrected chi connectivity index (χ4v) is 2.31. The molecular weight excluding hydrogens is 210 g/mol. The second-order valence-electron chi connectivity index (χ2n) is 4.18. The fourth-order valence-electron chi connectivity index (χ4n) is 2.07. The number of halogens is 1. The van der Waals surface area contributed by atoms with Gasteiger partial charge in [0.15, 0.2) is 0 Å². The molecule has 0 radical (unpaired) electrons. The lowest BCUT2D eigenvalue weighted by molar-refractivity contribution is 0.757. The predicted octanol–water partition coefficient (Wildman–Crippen LogP) is 1.97. The Labute approximate surface area is 94.9 Å². The van der Waals surface area contributed by atoms with E-state index >= 15 is 0 Å². The summed E-state index contributed by atoms with van der Waals surface area (Å²) in [5.74, 6) is 0. The Kier molecular flexibility index (Phi) is 2.85. The average Bonchev–Trinajstić information content (AvgIpc) is 2.67. The molecule has 0 saturated carbocycles. The van der Waals surface area contributed by atoms with Gasteiger partial charge >= 0.3 is 0 Å². The third-order valence-electron chi connectivity index (χ3n) is 2.92. The first-order valence-electron chi connectivity index (χ1n) is 5.21. The topological polar surface area (TPSA) is 43.8 Å². The van der Waals surface area contributed by atoms with Crippen LogP contribution in [0.5, 0.6) is 0 Å². The first-order valence-corrected chi connectivity index (χ1v) is 5.59. The van der Waals surface area contributed by atoms with E-state index in [2.05, 4.69) is 11.2 Å². The van der Waals surface area contributed by atoms with Crippen molar-refractivity contribution in [3.63, 3.8) is 0 Å². The van der Waals surface area contributed by atoms with Crippen molar-refractivity contribution in [1.82, 2.24) is 9.78 Å². The van der Waals surface area contributed by atoms with Crippen LogP contribution >= 0.6 is 11.6 Å². The summed E-state index contributed by atoms with van der Waals surface area (Å²) in [6.45, 7) is 2.00. The zero-order chi connectivity index (χ0) is 11.0. The SMILES string of the molecule is Cc1nn(C)c(Cl)c1CC1=CC(N)CC1. The number of nitrogens with two attached hydrogens (primary N) is 1. The van der Waals surface area contributed by atoms with Gasteiger partial charge in [0.05, 0.1) is 5.69 Å². The van der Waals surface area contributed by atoms with Crippen molar-refractivity contribution < 1.29 is 0 Å². The molecule has 0 saturated heterocycles. The van der Waals surface area contributed by atoms with Gasteiger partial charge in [-0.3, -0.25) is 4.68 Å². The summed E-state index contributed by atoms with van der Waals surface area (Å²) in [7, 11) is 1.87. The normalized spacial score (nSPS) is 20.8. The molecule has 1 heterocycles. The largest absolute Gasteiger partial charge is 0.324 e. The van der Waals surface area contributed by atoms with Crippen LogP contribution in [0.15, 0.2) is 11.6 Å². The third-order valence-corrected chi connectivity index (χ3v) is 3.40. The van der Waals surface area contributed by atoms with Gasteiger partial charge in [-0.05, 0) is 26.2 Å². The van der Waals surface area contributed by atoms with Crippen molar-refractivity contribution >= 4 is 11.6 Å². The van der Waals surface area contributed by atoms with Crippen LogP contribution in [0, 0.1) is 6.92 Å².